The zero-order valence-electron chi connectivity index (χ0n) is 9.72. The number of hydrogen-bond acceptors (Lipinski definition) is 9. The van der Waals surface area contributed by atoms with E-state index in [1.54, 1.807) is 0 Å². The minimum absolute atomic E-state index is 0.0878. The number of carbonyl (C=O) groups is 1. The summed E-state index contributed by atoms with van der Waals surface area (Å²) in [6.45, 7) is -0.0878. The fourth-order valence-corrected chi connectivity index (χ4v) is 1.76. The van der Waals surface area contributed by atoms with Gasteiger partial charge in [0.2, 0.25) is 5.16 Å². The van der Waals surface area contributed by atoms with Crippen molar-refractivity contribution in [2.45, 2.75) is 16.7 Å². The van der Waals surface area contributed by atoms with E-state index < -0.39 is 5.97 Å². The normalized spacial score (nSPS) is 9.89. The topological polar surface area (TPSA) is 119 Å². The van der Waals surface area contributed by atoms with Crippen molar-refractivity contribution in [3.05, 3.63) is 18.1 Å². The first-order chi connectivity index (χ1) is 9.22. The minimum atomic E-state index is -0.458. The highest BCUT2D eigenvalue weighted by Crippen LogP contribution is 2.22. The summed E-state index contributed by atoms with van der Waals surface area (Å²) in [5, 5.41) is 20.4. The van der Waals surface area contributed by atoms with Crippen molar-refractivity contribution in [1.82, 2.24) is 30.2 Å². The molecule has 2 rings (SSSR count). The molecule has 0 saturated heterocycles. The van der Waals surface area contributed by atoms with Gasteiger partial charge in [0.15, 0.2) is 5.69 Å². The molecule has 0 spiro atoms. The monoisotopic (exact) mass is 277 g/mol. The first-order valence-corrected chi connectivity index (χ1v) is 5.77. The second-order valence-electron chi connectivity index (χ2n) is 3.15. The van der Waals surface area contributed by atoms with Gasteiger partial charge in [-0.05, 0) is 22.2 Å². The molecule has 0 saturated carbocycles. The lowest BCUT2D eigenvalue weighted by Gasteiger charge is -2.02. The van der Waals surface area contributed by atoms with Gasteiger partial charge in [-0.1, -0.05) is 0 Å². The Balaban J connectivity index is 2.12. The number of rotatable bonds is 4. The molecule has 10 heteroatoms. The largest absolute Gasteiger partial charge is 0.468 e. The van der Waals surface area contributed by atoms with Crippen LogP contribution in [0.5, 0.6) is 0 Å². The highest BCUT2D eigenvalue weighted by atomic mass is 32.2. The predicted octanol–water partition coefficient (Wildman–Crippen LogP) is -0.341. The Morgan fingerprint density at radius 3 is 3.00 bits per heavy atom. The summed E-state index contributed by atoms with van der Waals surface area (Å²) < 4.78 is 5.82. The Morgan fingerprint density at radius 1 is 1.53 bits per heavy atom. The fourth-order valence-electron chi connectivity index (χ4n) is 1.08. The van der Waals surface area contributed by atoms with Gasteiger partial charge in [-0.3, -0.25) is 4.79 Å². The molecule has 19 heavy (non-hydrogen) atoms. The number of methoxy groups -OCH3 is 1. The first-order valence-electron chi connectivity index (χ1n) is 4.96. The standard InChI is InChI=1S/C9H7N7O2S/c1-18-8(17)5-16-9(13-14-15-16)19-7-4-11-6(2-10)3-12-7/h3-4H,5H2,1H3. The first kappa shape index (κ1) is 12.9. The number of carbonyl (C=O) groups excluding carboxylic acids is 1. The molecular weight excluding hydrogens is 270 g/mol. The molecule has 0 N–H and O–H groups in total. The van der Waals surface area contributed by atoms with E-state index in [-0.39, 0.29) is 12.2 Å². The number of nitrogens with zero attached hydrogens (tertiary/aromatic N) is 7. The zero-order valence-corrected chi connectivity index (χ0v) is 10.5. The van der Waals surface area contributed by atoms with Gasteiger partial charge in [-0.2, -0.15) is 5.26 Å². The maximum atomic E-state index is 11.2. The third-order valence-corrected chi connectivity index (χ3v) is 2.84. The summed E-state index contributed by atoms with van der Waals surface area (Å²) in [4.78, 5) is 19.0. The Bertz CT molecular complexity index is 618. The van der Waals surface area contributed by atoms with E-state index in [1.807, 2.05) is 6.07 Å². The molecular formula is C9H7N7O2S. The molecule has 0 aromatic carbocycles. The van der Waals surface area contributed by atoms with Crippen LogP contribution in [-0.4, -0.2) is 43.3 Å². The van der Waals surface area contributed by atoms with Gasteiger partial charge in [0.25, 0.3) is 0 Å². The molecule has 2 heterocycles. The second kappa shape index (κ2) is 5.87. The van der Waals surface area contributed by atoms with Gasteiger partial charge in [0.05, 0.1) is 19.5 Å². The van der Waals surface area contributed by atoms with E-state index in [2.05, 4.69) is 30.2 Å². The maximum absolute atomic E-state index is 11.2. The molecule has 0 fully saturated rings. The van der Waals surface area contributed by atoms with Gasteiger partial charge >= 0.3 is 5.97 Å². The van der Waals surface area contributed by atoms with Gasteiger partial charge < -0.3 is 4.74 Å². The number of nitriles is 1. The lowest BCUT2D eigenvalue weighted by molar-refractivity contribution is -0.141. The lowest BCUT2D eigenvalue weighted by Crippen LogP contribution is -2.13. The molecule has 0 aliphatic carbocycles. The zero-order chi connectivity index (χ0) is 13.7. The third-order valence-electron chi connectivity index (χ3n) is 1.94. The summed E-state index contributed by atoms with van der Waals surface area (Å²) in [5.74, 6) is -0.458. The van der Waals surface area contributed by atoms with Crippen molar-refractivity contribution in [3.63, 3.8) is 0 Å². The molecule has 0 bridgehead atoms. The predicted molar refractivity (Wildman–Crippen MR) is 60.7 cm³/mol. The molecule has 2 aromatic heterocycles. The van der Waals surface area contributed by atoms with E-state index in [4.69, 9.17) is 5.26 Å². The molecule has 0 unspecified atom stereocenters. The summed E-state index contributed by atoms with van der Waals surface area (Å²) >= 11 is 1.13. The van der Waals surface area contributed by atoms with Gasteiger partial charge in [-0.15, -0.1) is 5.10 Å². The third kappa shape index (κ3) is 3.23. The Morgan fingerprint density at radius 2 is 2.37 bits per heavy atom. The lowest BCUT2D eigenvalue weighted by atomic mass is 10.5. The molecule has 0 aliphatic rings. The van der Waals surface area contributed by atoms with Gasteiger partial charge in [0.1, 0.15) is 17.6 Å². The summed E-state index contributed by atoms with van der Waals surface area (Å²) in [6.07, 6.45) is 2.77. The van der Waals surface area contributed by atoms with E-state index in [0.717, 1.165) is 11.8 Å². The molecule has 0 amide bonds. The quantitative estimate of drug-likeness (QED) is 0.691. The molecule has 0 radical (unpaired) electrons. The Kier molecular flexibility index (Phi) is 3.99. The van der Waals surface area contributed by atoms with Crippen molar-refractivity contribution < 1.29 is 9.53 Å². The van der Waals surface area contributed by atoms with Crippen LogP contribution < -0.4 is 0 Å². The summed E-state index contributed by atoms with van der Waals surface area (Å²) in [7, 11) is 1.28. The highest BCUT2D eigenvalue weighted by molar-refractivity contribution is 7.99. The van der Waals surface area contributed by atoms with Crippen LogP contribution in [0.1, 0.15) is 5.69 Å². The van der Waals surface area contributed by atoms with E-state index in [0.29, 0.717) is 10.2 Å². The van der Waals surface area contributed by atoms with Crippen molar-refractivity contribution in [2.24, 2.45) is 0 Å². The molecule has 0 atom stereocenters. The second-order valence-corrected chi connectivity index (χ2v) is 4.14. The van der Waals surface area contributed by atoms with Crippen LogP contribution >= 0.6 is 11.8 Å². The number of tetrazole rings is 1. The Hall–Kier alpha value is -2.54. The van der Waals surface area contributed by atoms with Crippen molar-refractivity contribution in [2.75, 3.05) is 7.11 Å². The van der Waals surface area contributed by atoms with Gasteiger partial charge in [0, 0.05) is 0 Å². The molecule has 2 aromatic rings. The van der Waals surface area contributed by atoms with Crippen LogP contribution in [0.3, 0.4) is 0 Å². The van der Waals surface area contributed by atoms with Crippen molar-refractivity contribution in [3.8, 4) is 6.07 Å². The maximum Gasteiger partial charge on any atom is 0.327 e. The smallest absolute Gasteiger partial charge is 0.327 e. The Labute approximate surface area is 111 Å². The van der Waals surface area contributed by atoms with Crippen LogP contribution in [0, 0.1) is 11.3 Å². The average Bonchev–Trinajstić information content (AvgIpc) is 2.86. The van der Waals surface area contributed by atoms with Crippen LogP contribution in [-0.2, 0) is 16.1 Å². The van der Waals surface area contributed by atoms with Crippen molar-refractivity contribution in [1.29, 1.82) is 5.26 Å². The average molecular weight is 277 g/mol. The number of aromatic nitrogens is 6. The highest BCUT2D eigenvalue weighted by Gasteiger charge is 2.12. The van der Waals surface area contributed by atoms with Crippen LogP contribution in [0.15, 0.2) is 22.6 Å². The molecule has 96 valence electrons. The fraction of sp³-hybridized carbons (Fsp3) is 0.222. The summed E-state index contributed by atoms with van der Waals surface area (Å²) in [5.41, 5.74) is 0.221. The molecule has 9 nitrogen and oxygen atoms in total. The van der Waals surface area contributed by atoms with Crippen molar-refractivity contribution >= 4 is 17.7 Å². The van der Waals surface area contributed by atoms with Crippen LogP contribution in [0.2, 0.25) is 0 Å². The van der Waals surface area contributed by atoms with Gasteiger partial charge in [-0.25, -0.2) is 14.6 Å². The minimum Gasteiger partial charge on any atom is -0.468 e. The van der Waals surface area contributed by atoms with E-state index in [1.165, 1.54) is 24.2 Å². The molecule has 0 aliphatic heterocycles. The number of esters is 1. The number of hydrogen-bond donors (Lipinski definition) is 0. The SMILES string of the molecule is COC(=O)Cn1nnnc1Sc1cnc(C#N)cn1. The van der Waals surface area contributed by atoms with E-state index in [9.17, 15) is 4.79 Å². The van der Waals surface area contributed by atoms with Crippen LogP contribution in [0.25, 0.3) is 0 Å². The summed E-state index contributed by atoms with van der Waals surface area (Å²) in [6, 6.07) is 1.87. The van der Waals surface area contributed by atoms with Crippen LogP contribution in [0.4, 0.5) is 0 Å². The van der Waals surface area contributed by atoms with E-state index >= 15 is 0 Å². The number of ether oxygens (including phenoxy) is 1.